The fraction of sp³-hybridized carbons (Fsp3) is 0.353. The Morgan fingerprint density at radius 2 is 1.92 bits per heavy atom. The number of para-hydroxylation sites is 2. The van der Waals surface area contributed by atoms with Gasteiger partial charge in [0.15, 0.2) is 9.58 Å². The highest BCUT2D eigenvalue weighted by atomic mass is 35.6. The molecule has 1 aliphatic rings. The number of hydrogen-bond donors (Lipinski definition) is 0. The maximum absolute atomic E-state index is 12.5. The van der Waals surface area contributed by atoms with Gasteiger partial charge in [0.25, 0.3) is 5.69 Å². The SMILES string of the molecule is Cc1c(CC(Cl)(Cl)Cl)c2c(n1-c1ccccc1[N+](=O)[O-])CCCC2=O. The number of nitrogens with zero attached hydrogens (tertiary/aromatic N) is 2. The standard InChI is InChI=1S/C17H15Cl3N2O3/c1-10-11(9-17(18,19)20)16-14(7-4-8-15(16)23)21(10)12-5-2-3-6-13(12)22(24)25/h2-3,5-6H,4,7-9H2,1H3. The molecule has 0 atom stereocenters. The summed E-state index contributed by atoms with van der Waals surface area (Å²) in [6.45, 7) is 1.80. The number of halogens is 3. The van der Waals surface area contributed by atoms with Gasteiger partial charge >= 0.3 is 0 Å². The number of carbonyl (C=O) groups is 1. The quantitative estimate of drug-likeness (QED) is 0.407. The zero-order chi connectivity index (χ0) is 18.4. The topological polar surface area (TPSA) is 65.1 Å². The molecule has 1 aromatic heterocycles. The highest BCUT2D eigenvalue weighted by Gasteiger charge is 2.34. The van der Waals surface area contributed by atoms with Crippen LogP contribution < -0.4 is 0 Å². The number of fused-ring (bicyclic) bond motifs is 1. The molecule has 2 aromatic rings. The summed E-state index contributed by atoms with van der Waals surface area (Å²) in [7, 11) is 0. The van der Waals surface area contributed by atoms with E-state index < -0.39 is 8.72 Å². The average molecular weight is 402 g/mol. The van der Waals surface area contributed by atoms with Gasteiger partial charge in [0.2, 0.25) is 0 Å². The average Bonchev–Trinajstić information content (AvgIpc) is 2.79. The lowest BCUT2D eigenvalue weighted by Crippen LogP contribution is -2.15. The molecule has 0 spiro atoms. The first kappa shape index (κ1) is 18.2. The molecule has 0 aliphatic heterocycles. The number of rotatable bonds is 3. The molecule has 1 aliphatic carbocycles. The number of ketones is 1. The summed E-state index contributed by atoms with van der Waals surface area (Å²) in [5, 5.41) is 11.4. The van der Waals surface area contributed by atoms with Crippen molar-refractivity contribution in [2.75, 3.05) is 0 Å². The van der Waals surface area contributed by atoms with Crippen LogP contribution in [0.4, 0.5) is 5.69 Å². The minimum Gasteiger partial charge on any atom is -0.311 e. The normalized spacial score (nSPS) is 14.5. The van der Waals surface area contributed by atoms with E-state index in [0.29, 0.717) is 41.8 Å². The van der Waals surface area contributed by atoms with Gasteiger partial charge in [0.1, 0.15) is 5.69 Å². The predicted octanol–water partition coefficient (Wildman–Crippen LogP) is 5.13. The van der Waals surface area contributed by atoms with Crippen LogP contribution in [0.1, 0.15) is 40.2 Å². The van der Waals surface area contributed by atoms with E-state index in [2.05, 4.69) is 0 Å². The van der Waals surface area contributed by atoms with Crippen molar-refractivity contribution in [2.24, 2.45) is 0 Å². The highest BCUT2D eigenvalue weighted by molar-refractivity contribution is 6.67. The van der Waals surface area contributed by atoms with Gasteiger partial charge < -0.3 is 4.57 Å². The second-order valence-corrected chi connectivity index (χ2v) is 8.55. The van der Waals surface area contributed by atoms with Crippen LogP contribution in [0.3, 0.4) is 0 Å². The van der Waals surface area contributed by atoms with Gasteiger partial charge in [-0.25, -0.2) is 0 Å². The van der Waals surface area contributed by atoms with Gasteiger partial charge in [-0.05, 0) is 31.4 Å². The van der Waals surface area contributed by atoms with Crippen molar-refractivity contribution in [2.45, 2.75) is 36.4 Å². The minimum atomic E-state index is -1.55. The van der Waals surface area contributed by atoms with Crippen LogP contribution >= 0.6 is 34.8 Å². The van der Waals surface area contributed by atoms with Crippen molar-refractivity contribution in [3.05, 3.63) is 56.9 Å². The van der Waals surface area contributed by atoms with Crippen LogP contribution in [0.2, 0.25) is 0 Å². The Morgan fingerprint density at radius 3 is 2.56 bits per heavy atom. The van der Waals surface area contributed by atoms with E-state index in [1.54, 1.807) is 29.7 Å². The van der Waals surface area contributed by atoms with E-state index in [-0.39, 0.29) is 17.9 Å². The molecule has 25 heavy (non-hydrogen) atoms. The van der Waals surface area contributed by atoms with Crippen molar-refractivity contribution >= 4 is 46.3 Å². The molecule has 0 bridgehead atoms. The van der Waals surface area contributed by atoms with Crippen molar-refractivity contribution in [1.82, 2.24) is 4.57 Å². The van der Waals surface area contributed by atoms with Gasteiger partial charge in [0.05, 0.1) is 4.92 Å². The van der Waals surface area contributed by atoms with Gasteiger partial charge in [-0.15, -0.1) is 0 Å². The molecule has 132 valence electrons. The van der Waals surface area contributed by atoms with Crippen molar-refractivity contribution in [3.63, 3.8) is 0 Å². The lowest BCUT2D eigenvalue weighted by atomic mass is 9.92. The molecular formula is C17H15Cl3N2O3. The van der Waals surface area contributed by atoms with Crippen LogP contribution in [0.5, 0.6) is 0 Å². The van der Waals surface area contributed by atoms with Crippen molar-refractivity contribution < 1.29 is 9.72 Å². The first-order valence-corrected chi connectivity index (χ1v) is 8.91. The molecule has 0 N–H and O–H groups in total. The molecule has 0 unspecified atom stereocenters. The summed E-state index contributed by atoms with van der Waals surface area (Å²) in [4.78, 5) is 23.5. The maximum Gasteiger partial charge on any atom is 0.293 e. The van der Waals surface area contributed by atoms with Gasteiger partial charge in [-0.2, -0.15) is 0 Å². The number of nitro groups is 1. The van der Waals surface area contributed by atoms with E-state index in [9.17, 15) is 14.9 Å². The Kier molecular flexibility index (Phi) is 4.84. The predicted molar refractivity (Wildman–Crippen MR) is 98.4 cm³/mol. The Balaban J connectivity index is 2.31. The third kappa shape index (κ3) is 3.41. The zero-order valence-electron chi connectivity index (χ0n) is 13.4. The summed E-state index contributed by atoms with van der Waals surface area (Å²) < 4.78 is 0.224. The molecule has 0 saturated carbocycles. The van der Waals surface area contributed by atoms with Gasteiger partial charge in [-0.3, -0.25) is 14.9 Å². The third-order valence-electron chi connectivity index (χ3n) is 4.43. The van der Waals surface area contributed by atoms with E-state index in [0.717, 1.165) is 5.69 Å². The molecule has 1 heterocycles. The molecule has 0 radical (unpaired) electrons. The number of Topliss-reactive ketones (excluding diaryl/α,β-unsaturated/α-hetero) is 1. The maximum atomic E-state index is 12.5. The Labute approximate surface area is 159 Å². The third-order valence-corrected chi connectivity index (χ3v) is 4.83. The summed E-state index contributed by atoms with van der Waals surface area (Å²) in [5.41, 5.74) is 3.05. The minimum absolute atomic E-state index is 0.00839. The Hall–Kier alpha value is -1.56. The molecule has 8 heteroatoms. The smallest absolute Gasteiger partial charge is 0.293 e. The fourth-order valence-electron chi connectivity index (χ4n) is 3.46. The Bertz CT molecular complexity index is 869. The summed E-state index contributed by atoms with van der Waals surface area (Å²) in [6, 6.07) is 6.46. The lowest BCUT2D eigenvalue weighted by Gasteiger charge is -2.16. The van der Waals surface area contributed by atoms with Crippen LogP contribution in [0.25, 0.3) is 5.69 Å². The second kappa shape index (κ2) is 6.63. The number of carbonyl (C=O) groups excluding carboxylic acids is 1. The number of nitro benzene ring substituents is 1. The second-order valence-electron chi connectivity index (χ2n) is 6.04. The van der Waals surface area contributed by atoms with Gasteiger partial charge in [-0.1, -0.05) is 46.9 Å². The molecule has 0 amide bonds. The number of alkyl halides is 3. The molecular weight excluding hydrogens is 387 g/mol. The number of aromatic nitrogens is 1. The van der Waals surface area contributed by atoms with Gasteiger partial charge in [0, 0.05) is 35.9 Å². The molecule has 1 aromatic carbocycles. The number of benzene rings is 1. The monoisotopic (exact) mass is 400 g/mol. The molecule has 5 nitrogen and oxygen atoms in total. The lowest BCUT2D eigenvalue weighted by molar-refractivity contribution is -0.384. The summed E-state index contributed by atoms with van der Waals surface area (Å²) in [6.07, 6.45) is 1.85. The number of hydrogen-bond acceptors (Lipinski definition) is 3. The molecule has 3 rings (SSSR count). The summed E-state index contributed by atoms with van der Waals surface area (Å²) in [5.74, 6) is -0.00839. The molecule has 0 saturated heterocycles. The summed E-state index contributed by atoms with van der Waals surface area (Å²) >= 11 is 17.9. The van der Waals surface area contributed by atoms with E-state index in [4.69, 9.17) is 34.8 Å². The van der Waals surface area contributed by atoms with Crippen LogP contribution in [-0.4, -0.2) is 19.1 Å². The largest absolute Gasteiger partial charge is 0.311 e. The van der Waals surface area contributed by atoms with Crippen LogP contribution in [0.15, 0.2) is 24.3 Å². The van der Waals surface area contributed by atoms with Crippen molar-refractivity contribution in [3.8, 4) is 5.69 Å². The van der Waals surface area contributed by atoms with E-state index in [1.807, 2.05) is 0 Å². The fourth-order valence-corrected chi connectivity index (χ4v) is 3.86. The van der Waals surface area contributed by atoms with E-state index >= 15 is 0 Å². The van der Waals surface area contributed by atoms with E-state index in [1.165, 1.54) is 6.07 Å². The van der Waals surface area contributed by atoms with Crippen LogP contribution in [0, 0.1) is 17.0 Å². The Morgan fingerprint density at radius 1 is 1.24 bits per heavy atom. The van der Waals surface area contributed by atoms with Crippen molar-refractivity contribution in [1.29, 1.82) is 0 Å². The first-order valence-electron chi connectivity index (χ1n) is 7.77. The first-order chi connectivity index (χ1) is 11.7. The zero-order valence-corrected chi connectivity index (χ0v) is 15.7. The molecule has 0 fully saturated rings. The van der Waals surface area contributed by atoms with Crippen LogP contribution in [-0.2, 0) is 12.8 Å². The highest BCUT2D eigenvalue weighted by Crippen LogP contribution is 2.39.